The molecule has 2 rings (SSSR count). The fraction of sp³-hybridized carbons (Fsp3) is 0.133. The van der Waals surface area contributed by atoms with Gasteiger partial charge in [-0.15, -0.1) is 0 Å². The summed E-state index contributed by atoms with van der Waals surface area (Å²) in [5, 5.41) is 8.18. The van der Waals surface area contributed by atoms with Crippen molar-refractivity contribution in [3.8, 4) is 0 Å². The van der Waals surface area contributed by atoms with Gasteiger partial charge in [-0.25, -0.2) is 0 Å². The van der Waals surface area contributed by atoms with Gasteiger partial charge in [0.15, 0.2) is 0 Å². The molecule has 0 aliphatic carbocycles. The summed E-state index contributed by atoms with van der Waals surface area (Å²) in [5.74, 6) is 0.0646. The van der Waals surface area contributed by atoms with Crippen LogP contribution in [0.3, 0.4) is 0 Å². The second kappa shape index (κ2) is 6.29. The number of anilines is 1. The monoisotopic (exact) mass is 351 g/mol. The van der Waals surface area contributed by atoms with E-state index in [2.05, 4.69) is 20.8 Å². The van der Waals surface area contributed by atoms with Crippen LogP contribution >= 0.6 is 27.5 Å². The summed E-state index contributed by atoms with van der Waals surface area (Å²) < 4.78 is 0.912. The first kappa shape index (κ1) is 14.9. The lowest BCUT2D eigenvalue weighted by atomic mass is 10.1. The minimum atomic E-state index is 0.0646. The van der Waals surface area contributed by atoms with Crippen molar-refractivity contribution < 1.29 is 0 Å². The number of halogens is 2. The second-order valence-corrected chi connectivity index (χ2v) is 5.86. The smallest absolute Gasteiger partial charge is 0.122 e. The van der Waals surface area contributed by atoms with E-state index < -0.39 is 0 Å². The number of benzene rings is 2. The molecule has 0 aromatic heterocycles. The molecule has 104 valence electrons. The van der Waals surface area contributed by atoms with Gasteiger partial charge in [-0.1, -0.05) is 23.7 Å². The minimum absolute atomic E-state index is 0.0646. The van der Waals surface area contributed by atoms with Crippen LogP contribution < -0.4 is 10.6 Å². The van der Waals surface area contributed by atoms with Gasteiger partial charge in [0.25, 0.3) is 0 Å². The second-order valence-electron chi connectivity index (χ2n) is 4.57. The van der Waals surface area contributed by atoms with E-state index in [0.29, 0.717) is 5.56 Å². The maximum atomic E-state index is 7.44. The van der Waals surface area contributed by atoms with E-state index >= 15 is 0 Å². The molecule has 0 aliphatic heterocycles. The number of nitrogen functional groups attached to an aromatic ring is 1. The van der Waals surface area contributed by atoms with Crippen LogP contribution in [0, 0.1) is 5.41 Å². The molecule has 5 heteroatoms. The van der Waals surface area contributed by atoms with E-state index in [1.807, 2.05) is 49.5 Å². The van der Waals surface area contributed by atoms with Crippen LogP contribution in [-0.2, 0) is 6.54 Å². The van der Waals surface area contributed by atoms with Crippen molar-refractivity contribution in [3.63, 3.8) is 0 Å². The van der Waals surface area contributed by atoms with Crippen molar-refractivity contribution in [2.45, 2.75) is 6.54 Å². The Morgan fingerprint density at radius 3 is 2.65 bits per heavy atom. The van der Waals surface area contributed by atoms with Gasteiger partial charge in [-0.2, -0.15) is 0 Å². The summed E-state index contributed by atoms with van der Waals surface area (Å²) in [4.78, 5) is 2.11. The molecule has 0 heterocycles. The average Bonchev–Trinajstić information content (AvgIpc) is 2.38. The Kier molecular flexibility index (Phi) is 4.68. The van der Waals surface area contributed by atoms with Gasteiger partial charge < -0.3 is 10.6 Å². The third-order valence-corrected chi connectivity index (χ3v) is 3.85. The summed E-state index contributed by atoms with van der Waals surface area (Å²) in [6.07, 6.45) is 0. The standard InChI is InChI=1S/C15H15BrClN3/c1-20(9-10-3-2-4-12(17)7-10)14-6-5-11(15(18)19)8-13(14)16/h2-8H,9H2,1H3,(H3,18,19). The van der Waals surface area contributed by atoms with Crippen LogP contribution in [-0.4, -0.2) is 12.9 Å². The van der Waals surface area contributed by atoms with Crippen molar-refractivity contribution in [1.29, 1.82) is 5.41 Å². The van der Waals surface area contributed by atoms with Crippen LogP contribution in [0.4, 0.5) is 5.69 Å². The third-order valence-electron chi connectivity index (χ3n) is 2.98. The summed E-state index contributed by atoms with van der Waals surface area (Å²) in [7, 11) is 2.01. The van der Waals surface area contributed by atoms with Crippen LogP contribution in [0.15, 0.2) is 46.9 Å². The first-order valence-corrected chi connectivity index (χ1v) is 7.24. The highest BCUT2D eigenvalue weighted by Crippen LogP contribution is 2.27. The molecule has 0 saturated heterocycles. The summed E-state index contributed by atoms with van der Waals surface area (Å²) in [6.45, 7) is 0.749. The number of nitrogens with two attached hydrogens (primary N) is 1. The molecule has 0 spiro atoms. The number of nitrogens with zero attached hydrogens (tertiary/aromatic N) is 1. The summed E-state index contributed by atoms with van der Waals surface area (Å²) in [5.41, 5.74) is 8.37. The lowest BCUT2D eigenvalue weighted by molar-refractivity contribution is 0.920. The Bertz CT molecular complexity index is 643. The van der Waals surface area contributed by atoms with Crippen LogP contribution in [0.5, 0.6) is 0 Å². The topological polar surface area (TPSA) is 53.1 Å². The molecular weight excluding hydrogens is 338 g/mol. The Morgan fingerprint density at radius 1 is 1.30 bits per heavy atom. The van der Waals surface area contributed by atoms with E-state index in [1.54, 1.807) is 0 Å². The highest BCUT2D eigenvalue weighted by atomic mass is 79.9. The van der Waals surface area contributed by atoms with Gasteiger partial charge in [-0.05, 0) is 51.8 Å². The highest BCUT2D eigenvalue weighted by Gasteiger charge is 2.08. The van der Waals surface area contributed by atoms with E-state index in [4.69, 9.17) is 22.7 Å². The zero-order valence-corrected chi connectivity index (χ0v) is 13.4. The van der Waals surface area contributed by atoms with Gasteiger partial charge in [0.05, 0.1) is 5.69 Å². The van der Waals surface area contributed by atoms with Gasteiger partial charge in [0.2, 0.25) is 0 Å². The Morgan fingerprint density at radius 2 is 2.05 bits per heavy atom. The number of amidine groups is 1. The maximum absolute atomic E-state index is 7.44. The van der Waals surface area contributed by atoms with Crippen LogP contribution in [0.2, 0.25) is 5.02 Å². The van der Waals surface area contributed by atoms with Gasteiger partial charge >= 0.3 is 0 Å². The molecule has 2 aromatic carbocycles. The molecule has 0 saturated carbocycles. The van der Waals surface area contributed by atoms with E-state index in [-0.39, 0.29) is 5.84 Å². The maximum Gasteiger partial charge on any atom is 0.122 e. The molecule has 0 fully saturated rings. The Balaban J connectivity index is 2.21. The average molecular weight is 353 g/mol. The van der Waals surface area contributed by atoms with Gasteiger partial charge in [0.1, 0.15) is 5.84 Å². The van der Waals surface area contributed by atoms with Crippen molar-refractivity contribution >= 4 is 39.1 Å². The molecule has 2 aromatic rings. The fourth-order valence-electron chi connectivity index (χ4n) is 1.98. The predicted octanol–water partition coefficient (Wildman–Crippen LogP) is 4.02. The molecule has 0 unspecified atom stereocenters. The third kappa shape index (κ3) is 3.52. The number of hydrogen-bond donors (Lipinski definition) is 2. The first-order chi connectivity index (χ1) is 9.47. The molecule has 0 aliphatic rings. The van der Waals surface area contributed by atoms with E-state index in [0.717, 1.165) is 27.3 Å². The number of rotatable bonds is 4. The van der Waals surface area contributed by atoms with Crippen molar-refractivity contribution in [1.82, 2.24) is 0 Å². The molecule has 3 N–H and O–H groups in total. The highest BCUT2D eigenvalue weighted by molar-refractivity contribution is 9.10. The number of nitrogens with one attached hydrogen (secondary N) is 1. The zero-order chi connectivity index (χ0) is 14.7. The largest absolute Gasteiger partial charge is 0.384 e. The molecule has 20 heavy (non-hydrogen) atoms. The quantitative estimate of drug-likeness (QED) is 0.645. The lowest BCUT2D eigenvalue weighted by Crippen LogP contribution is -2.17. The molecule has 0 radical (unpaired) electrons. The van der Waals surface area contributed by atoms with Gasteiger partial charge in [0, 0.05) is 28.7 Å². The van der Waals surface area contributed by atoms with Crippen molar-refractivity contribution in [3.05, 3.63) is 63.1 Å². The van der Waals surface area contributed by atoms with Crippen LogP contribution in [0.1, 0.15) is 11.1 Å². The van der Waals surface area contributed by atoms with Gasteiger partial charge in [-0.3, -0.25) is 5.41 Å². The summed E-state index contributed by atoms with van der Waals surface area (Å²) >= 11 is 9.52. The Labute approximate surface area is 132 Å². The fourth-order valence-corrected chi connectivity index (χ4v) is 2.87. The molecule has 3 nitrogen and oxygen atoms in total. The van der Waals surface area contributed by atoms with E-state index in [1.165, 1.54) is 0 Å². The van der Waals surface area contributed by atoms with E-state index in [9.17, 15) is 0 Å². The van der Waals surface area contributed by atoms with Crippen molar-refractivity contribution in [2.75, 3.05) is 11.9 Å². The molecular formula is C15H15BrClN3. The molecule has 0 atom stereocenters. The Hall–Kier alpha value is -1.52. The number of hydrogen-bond acceptors (Lipinski definition) is 2. The lowest BCUT2D eigenvalue weighted by Gasteiger charge is -2.21. The van der Waals surface area contributed by atoms with Crippen LogP contribution in [0.25, 0.3) is 0 Å². The molecule has 0 bridgehead atoms. The SMILES string of the molecule is CN(Cc1cccc(Cl)c1)c1ccc(C(=N)N)cc1Br. The molecule has 0 amide bonds. The first-order valence-electron chi connectivity index (χ1n) is 6.07. The predicted molar refractivity (Wildman–Crippen MR) is 88.7 cm³/mol. The minimum Gasteiger partial charge on any atom is -0.384 e. The summed E-state index contributed by atoms with van der Waals surface area (Å²) in [6, 6.07) is 13.5. The normalized spacial score (nSPS) is 10.3. The van der Waals surface area contributed by atoms with Crippen molar-refractivity contribution in [2.24, 2.45) is 5.73 Å². The zero-order valence-electron chi connectivity index (χ0n) is 11.0.